The third-order valence-electron chi connectivity index (χ3n) is 4.83. The van der Waals surface area contributed by atoms with Crippen LogP contribution < -0.4 is 4.90 Å². The predicted molar refractivity (Wildman–Crippen MR) is 104 cm³/mol. The highest BCUT2D eigenvalue weighted by atomic mass is 19.1. The number of anilines is 1. The zero-order chi connectivity index (χ0) is 20.7. The number of aryl methyl sites for hydroxylation is 2. The molecule has 7 heteroatoms. The van der Waals surface area contributed by atoms with Crippen molar-refractivity contribution in [2.45, 2.75) is 19.9 Å². The van der Waals surface area contributed by atoms with Gasteiger partial charge in [0.25, 0.3) is 5.78 Å². The standard InChI is InChI=1S/C22H17FN2O4/c1-12-7-9-14(10-8-12)20(26)18-19(15-5-3-4-6-16(15)23)25(22(28)21(18)27)17-11-13(2)29-24-17/h3-11,19,26H,1-2H3/b20-18+. The van der Waals surface area contributed by atoms with Crippen molar-refractivity contribution in [3.63, 3.8) is 0 Å². The molecule has 2 aromatic carbocycles. The Morgan fingerprint density at radius 3 is 2.41 bits per heavy atom. The number of aromatic nitrogens is 1. The average molecular weight is 392 g/mol. The van der Waals surface area contributed by atoms with Crippen LogP contribution in [0.15, 0.2) is 64.7 Å². The van der Waals surface area contributed by atoms with Gasteiger partial charge in [0, 0.05) is 17.2 Å². The first-order chi connectivity index (χ1) is 13.9. The van der Waals surface area contributed by atoms with Crippen molar-refractivity contribution in [3.05, 3.63) is 88.4 Å². The molecule has 1 aliphatic rings. The lowest BCUT2D eigenvalue weighted by molar-refractivity contribution is -0.132. The number of carbonyl (C=O) groups excluding carboxylic acids is 2. The van der Waals surface area contributed by atoms with Gasteiger partial charge in [-0.1, -0.05) is 53.2 Å². The normalized spacial score (nSPS) is 18.4. The zero-order valence-electron chi connectivity index (χ0n) is 15.7. The molecule has 0 spiro atoms. The Labute approximate surface area is 165 Å². The number of hydrogen-bond donors (Lipinski definition) is 1. The summed E-state index contributed by atoms with van der Waals surface area (Å²) >= 11 is 0. The lowest BCUT2D eigenvalue weighted by Crippen LogP contribution is -2.30. The van der Waals surface area contributed by atoms with Crippen LogP contribution in [0.3, 0.4) is 0 Å². The predicted octanol–water partition coefficient (Wildman–Crippen LogP) is 4.06. The van der Waals surface area contributed by atoms with Gasteiger partial charge in [-0.15, -0.1) is 0 Å². The Bertz CT molecular complexity index is 1150. The van der Waals surface area contributed by atoms with E-state index in [-0.39, 0.29) is 22.7 Å². The summed E-state index contributed by atoms with van der Waals surface area (Å²) in [6.45, 7) is 3.52. The minimum atomic E-state index is -1.18. The summed E-state index contributed by atoms with van der Waals surface area (Å²) in [5.74, 6) is -2.33. The van der Waals surface area contributed by atoms with Crippen molar-refractivity contribution >= 4 is 23.3 Å². The Balaban J connectivity index is 1.97. The summed E-state index contributed by atoms with van der Waals surface area (Å²) < 4.78 is 19.7. The first kappa shape index (κ1) is 18.6. The van der Waals surface area contributed by atoms with E-state index in [0.717, 1.165) is 10.5 Å². The topological polar surface area (TPSA) is 83.6 Å². The van der Waals surface area contributed by atoms with E-state index in [9.17, 15) is 19.1 Å². The van der Waals surface area contributed by atoms with Gasteiger partial charge in [-0.3, -0.25) is 14.5 Å². The fourth-order valence-electron chi connectivity index (χ4n) is 3.39. The number of amides is 1. The summed E-state index contributed by atoms with van der Waals surface area (Å²) in [4.78, 5) is 26.8. The van der Waals surface area contributed by atoms with E-state index in [4.69, 9.17) is 4.52 Å². The van der Waals surface area contributed by atoms with Crippen LogP contribution in [0.2, 0.25) is 0 Å². The van der Waals surface area contributed by atoms with E-state index in [2.05, 4.69) is 5.16 Å². The third kappa shape index (κ3) is 3.10. The largest absolute Gasteiger partial charge is 0.507 e. The first-order valence-corrected chi connectivity index (χ1v) is 8.94. The molecule has 1 N–H and O–H groups in total. The lowest BCUT2D eigenvalue weighted by atomic mass is 9.94. The van der Waals surface area contributed by atoms with Crippen LogP contribution in [-0.4, -0.2) is 22.0 Å². The van der Waals surface area contributed by atoms with Gasteiger partial charge in [0.15, 0.2) is 5.82 Å². The molecule has 1 amide bonds. The number of Topliss-reactive ketones (excluding diaryl/α,β-unsaturated/α-hetero) is 1. The number of aliphatic hydroxyl groups is 1. The summed E-state index contributed by atoms with van der Waals surface area (Å²) in [5.41, 5.74) is 1.18. The maximum absolute atomic E-state index is 14.7. The van der Waals surface area contributed by atoms with Gasteiger partial charge in [-0.05, 0) is 19.9 Å². The van der Waals surface area contributed by atoms with Crippen molar-refractivity contribution in [2.24, 2.45) is 0 Å². The average Bonchev–Trinajstić information content (AvgIpc) is 3.23. The van der Waals surface area contributed by atoms with Gasteiger partial charge in [-0.2, -0.15) is 0 Å². The molecular formula is C22H17FN2O4. The SMILES string of the molecule is Cc1ccc(/C(O)=C2\C(=O)C(=O)N(c3cc(C)on3)C2c2ccccc2F)cc1. The number of halogens is 1. The van der Waals surface area contributed by atoms with Crippen LogP contribution in [-0.2, 0) is 9.59 Å². The second-order valence-corrected chi connectivity index (χ2v) is 6.85. The van der Waals surface area contributed by atoms with Gasteiger partial charge in [0.1, 0.15) is 17.3 Å². The third-order valence-corrected chi connectivity index (χ3v) is 4.83. The van der Waals surface area contributed by atoms with Crippen molar-refractivity contribution in [1.29, 1.82) is 0 Å². The molecule has 1 atom stereocenters. The Hall–Kier alpha value is -3.74. The minimum absolute atomic E-state index is 0.0702. The zero-order valence-corrected chi connectivity index (χ0v) is 15.7. The van der Waals surface area contributed by atoms with E-state index >= 15 is 0 Å². The molecule has 146 valence electrons. The van der Waals surface area contributed by atoms with Crippen LogP contribution in [0.1, 0.15) is 28.5 Å². The quantitative estimate of drug-likeness (QED) is 0.413. The molecule has 6 nitrogen and oxygen atoms in total. The molecule has 0 radical (unpaired) electrons. The Morgan fingerprint density at radius 1 is 1.10 bits per heavy atom. The molecule has 1 aromatic heterocycles. The highest BCUT2D eigenvalue weighted by Crippen LogP contribution is 2.42. The van der Waals surface area contributed by atoms with E-state index in [1.807, 2.05) is 6.92 Å². The molecule has 0 saturated carbocycles. The molecule has 1 aliphatic heterocycles. The number of aliphatic hydroxyl groups excluding tert-OH is 1. The lowest BCUT2D eigenvalue weighted by Gasteiger charge is -2.23. The van der Waals surface area contributed by atoms with Gasteiger partial charge < -0.3 is 9.63 Å². The Kier molecular flexibility index (Phi) is 4.50. The van der Waals surface area contributed by atoms with Crippen LogP contribution in [0.5, 0.6) is 0 Å². The van der Waals surface area contributed by atoms with E-state index in [1.165, 1.54) is 24.3 Å². The summed E-state index contributed by atoms with van der Waals surface area (Å²) in [6.07, 6.45) is 0. The number of hydrogen-bond acceptors (Lipinski definition) is 5. The van der Waals surface area contributed by atoms with E-state index < -0.39 is 23.5 Å². The molecular weight excluding hydrogens is 375 g/mol. The van der Waals surface area contributed by atoms with Crippen LogP contribution in [0.4, 0.5) is 10.2 Å². The van der Waals surface area contributed by atoms with Crippen molar-refractivity contribution in [2.75, 3.05) is 4.90 Å². The van der Waals surface area contributed by atoms with E-state index in [1.54, 1.807) is 37.3 Å². The highest BCUT2D eigenvalue weighted by molar-refractivity contribution is 6.51. The van der Waals surface area contributed by atoms with Crippen molar-refractivity contribution in [1.82, 2.24) is 5.16 Å². The summed E-state index contributed by atoms with van der Waals surface area (Å²) in [6, 6.07) is 12.9. The molecule has 1 saturated heterocycles. The number of carbonyl (C=O) groups is 2. The maximum Gasteiger partial charge on any atom is 0.301 e. The number of rotatable bonds is 3. The van der Waals surface area contributed by atoms with Crippen LogP contribution in [0.25, 0.3) is 5.76 Å². The van der Waals surface area contributed by atoms with Gasteiger partial charge in [-0.25, -0.2) is 4.39 Å². The fourth-order valence-corrected chi connectivity index (χ4v) is 3.39. The summed E-state index contributed by atoms with van der Waals surface area (Å²) in [7, 11) is 0. The van der Waals surface area contributed by atoms with Gasteiger partial charge in [0.2, 0.25) is 0 Å². The van der Waals surface area contributed by atoms with Crippen molar-refractivity contribution in [3.8, 4) is 0 Å². The monoisotopic (exact) mass is 392 g/mol. The van der Waals surface area contributed by atoms with Gasteiger partial charge >= 0.3 is 5.91 Å². The fraction of sp³-hybridized carbons (Fsp3) is 0.136. The molecule has 0 aliphatic carbocycles. The molecule has 2 heterocycles. The second-order valence-electron chi connectivity index (χ2n) is 6.85. The smallest absolute Gasteiger partial charge is 0.301 e. The van der Waals surface area contributed by atoms with Crippen LogP contribution in [0, 0.1) is 19.7 Å². The van der Waals surface area contributed by atoms with E-state index in [0.29, 0.717) is 11.3 Å². The number of nitrogens with zero attached hydrogens (tertiary/aromatic N) is 2. The molecule has 29 heavy (non-hydrogen) atoms. The number of benzene rings is 2. The minimum Gasteiger partial charge on any atom is -0.507 e. The highest BCUT2D eigenvalue weighted by Gasteiger charge is 2.48. The Morgan fingerprint density at radius 2 is 1.79 bits per heavy atom. The molecule has 4 rings (SSSR count). The summed E-state index contributed by atoms with van der Waals surface area (Å²) in [5, 5.41) is 14.7. The first-order valence-electron chi connectivity index (χ1n) is 8.94. The second kappa shape index (κ2) is 7.01. The van der Waals surface area contributed by atoms with Crippen LogP contribution >= 0.6 is 0 Å². The molecule has 1 unspecified atom stereocenters. The number of ketones is 1. The molecule has 1 fully saturated rings. The maximum atomic E-state index is 14.7. The molecule has 3 aromatic rings. The van der Waals surface area contributed by atoms with Crippen molar-refractivity contribution < 1.29 is 23.6 Å². The molecule has 0 bridgehead atoms. The van der Waals surface area contributed by atoms with Gasteiger partial charge in [0.05, 0.1) is 11.6 Å².